The summed E-state index contributed by atoms with van der Waals surface area (Å²) in [6.45, 7) is 5.76. The normalized spacial score (nSPS) is 23.1. The Labute approximate surface area is 134 Å². The predicted molar refractivity (Wildman–Crippen MR) is 86.0 cm³/mol. The zero-order valence-corrected chi connectivity index (χ0v) is 13.9. The number of carbonyl (C=O) groups is 2. The molecule has 6 nitrogen and oxygen atoms in total. The number of carbonyl (C=O) groups excluding carboxylic acids is 2. The third kappa shape index (κ3) is 3.09. The number of hydrogen-bond donors (Lipinski definition) is 0. The quantitative estimate of drug-likeness (QED) is 0.814. The molecule has 7 heteroatoms. The third-order valence-corrected chi connectivity index (χ3v) is 5.50. The zero-order chi connectivity index (χ0) is 15.7. The van der Waals surface area contributed by atoms with Gasteiger partial charge in [0, 0.05) is 57.5 Å². The van der Waals surface area contributed by atoms with E-state index in [1.54, 1.807) is 23.3 Å². The van der Waals surface area contributed by atoms with Gasteiger partial charge in [0.05, 0.1) is 5.69 Å². The number of piperazine rings is 1. The second-order valence-corrected chi connectivity index (χ2v) is 6.93. The summed E-state index contributed by atoms with van der Waals surface area (Å²) in [4.78, 5) is 34.7. The highest BCUT2D eigenvalue weighted by Gasteiger charge is 2.33. The Bertz CT molecular complexity index is 566. The largest absolute Gasteiger partial charge is 0.346 e. The molecular formula is C15H22N4O2S. The molecule has 1 unspecified atom stereocenters. The van der Waals surface area contributed by atoms with Gasteiger partial charge >= 0.3 is 0 Å². The van der Waals surface area contributed by atoms with Crippen molar-refractivity contribution in [3.8, 4) is 0 Å². The van der Waals surface area contributed by atoms with Crippen LogP contribution in [0.15, 0.2) is 5.38 Å². The second-order valence-electron chi connectivity index (χ2n) is 6.09. The lowest BCUT2D eigenvalue weighted by molar-refractivity contribution is -0.144. The monoisotopic (exact) mass is 322 g/mol. The van der Waals surface area contributed by atoms with E-state index >= 15 is 0 Å². The van der Waals surface area contributed by atoms with Crippen molar-refractivity contribution in [1.29, 1.82) is 0 Å². The highest BCUT2D eigenvalue weighted by atomic mass is 32.1. The average Bonchev–Trinajstić information content (AvgIpc) is 2.96. The van der Waals surface area contributed by atoms with Crippen molar-refractivity contribution < 1.29 is 9.59 Å². The molecule has 3 rings (SSSR count). The molecule has 0 aliphatic carbocycles. The summed E-state index contributed by atoms with van der Waals surface area (Å²) in [6, 6.07) is 0. The van der Waals surface area contributed by atoms with Crippen LogP contribution in [0.3, 0.4) is 0 Å². The first-order valence-electron chi connectivity index (χ1n) is 7.74. The third-order valence-electron chi connectivity index (χ3n) is 4.48. The van der Waals surface area contributed by atoms with Gasteiger partial charge in [0.2, 0.25) is 11.8 Å². The van der Waals surface area contributed by atoms with Crippen LogP contribution in [0.2, 0.25) is 0 Å². The molecule has 1 aromatic heterocycles. The molecule has 0 N–H and O–H groups in total. The molecule has 120 valence electrons. The number of thiazole rings is 1. The number of likely N-dealkylation sites (tertiary alicyclic amines) is 1. The number of amides is 2. The molecular weight excluding hydrogens is 300 g/mol. The van der Waals surface area contributed by atoms with Crippen LogP contribution >= 0.6 is 11.3 Å². The molecule has 2 aliphatic heterocycles. The van der Waals surface area contributed by atoms with E-state index in [4.69, 9.17) is 0 Å². The summed E-state index contributed by atoms with van der Waals surface area (Å²) in [5.74, 6) is 0.107. The van der Waals surface area contributed by atoms with E-state index in [0.717, 1.165) is 43.4 Å². The molecule has 2 amide bonds. The Morgan fingerprint density at radius 3 is 2.59 bits per heavy atom. The van der Waals surface area contributed by atoms with Gasteiger partial charge < -0.3 is 14.7 Å². The smallest absolute Gasteiger partial charge is 0.226 e. The summed E-state index contributed by atoms with van der Waals surface area (Å²) < 4.78 is 0. The Morgan fingerprint density at radius 1 is 1.27 bits per heavy atom. The van der Waals surface area contributed by atoms with Gasteiger partial charge in [-0.15, -0.1) is 11.3 Å². The maximum absolute atomic E-state index is 12.6. The number of aromatic nitrogens is 1. The Morgan fingerprint density at radius 2 is 2.00 bits per heavy atom. The first-order chi connectivity index (χ1) is 10.5. The fourth-order valence-corrected chi connectivity index (χ4v) is 3.87. The lowest BCUT2D eigenvalue weighted by atomic mass is 9.95. The van der Waals surface area contributed by atoms with Gasteiger partial charge in [0.1, 0.15) is 0 Å². The molecule has 0 radical (unpaired) electrons. The minimum absolute atomic E-state index is 0.0847. The first-order valence-corrected chi connectivity index (χ1v) is 8.62. The summed E-state index contributed by atoms with van der Waals surface area (Å²) in [5.41, 5.74) is 1.04. The van der Waals surface area contributed by atoms with Crippen molar-refractivity contribution in [3.63, 3.8) is 0 Å². The highest BCUT2D eigenvalue weighted by Crippen LogP contribution is 2.24. The van der Waals surface area contributed by atoms with Crippen LogP contribution in [-0.2, 0) is 9.59 Å². The van der Waals surface area contributed by atoms with Crippen molar-refractivity contribution in [2.45, 2.75) is 19.8 Å². The first kappa shape index (κ1) is 15.3. The molecule has 0 saturated carbocycles. The van der Waals surface area contributed by atoms with Crippen molar-refractivity contribution in [2.24, 2.45) is 5.92 Å². The van der Waals surface area contributed by atoms with E-state index in [9.17, 15) is 9.59 Å². The zero-order valence-electron chi connectivity index (χ0n) is 13.1. The number of piperidine rings is 1. The molecule has 3 heterocycles. The molecule has 2 saturated heterocycles. The summed E-state index contributed by atoms with van der Waals surface area (Å²) in [6.07, 6.45) is 1.15. The van der Waals surface area contributed by atoms with Gasteiger partial charge in [-0.2, -0.15) is 0 Å². The van der Waals surface area contributed by atoms with Crippen LogP contribution < -0.4 is 4.90 Å². The van der Waals surface area contributed by atoms with Gasteiger partial charge in [-0.25, -0.2) is 4.98 Å². The van der Waals surface area contributed by atoms with Crippen molar-refractivity contribution in [2.75, 3.05) is 44.7 Å². The molecule has 0 bridgehead atoms. The molecule has 0 aromatic carbocycles. The lowest BCUT2D eigenvalue weighted by Gasteiger charge is -2.37. The molecule has 22 heavy (non-hydrogen) atoms. The van der Waals surface area contributed by atoms with Crippen LogP contribution in [-0.4, -0.2) is 66.4 Å². The fraction of sp³-hybridized carbons (Fsp3) is 0.667. The highest BCUT2D eigenvalue weighted by molar-refractivity contribution is 7.13. The van der Waals surface area contributed by atoms with Gasteiger partial charge in [-0.1, -0.05) is 0 Å². The van der Waals surface area contributed by atoms with Gasteiger partial charge in [-0.05, 0) is 13.3 Å². The number of aryl methyl sites for hydroxylation is 1. The van der Waals surface area contributed by atoms with E-state index in [-0.39, 0.29) is 17.7 Å². The van der Waals surface area contributed by atoms with Gasteiger partial charge in [-0.3, -0.25) is 9.59 Å². The van der Waals surface area contributed by atoms with Crippen LogP contribution in [0.1, 0.15) is 18.5 Å². The van der Waals surface area contributed by atoms with Crippen LogP contribution in [0.5, 0.6) is 0 Å². The van der Waals surface area contributed by atoms with E-state index in [2.05, 4.69) is 15.3 Å². The Kier molecular flexibility index (Phi) is 4.33. The molecule has 1 aromatic rings. The molecule has 1 atom stereocenters. The van der Waals surface area contributed by atoms with Crippen LogP contribution in [0.25, 0.3) is 0 Å². The lowest BCUT2D eigenvalue weighted by Crippen LogP contribution is -2.52. The van der Waals surface area contributed by atoms with E-state index in [0.29, 0.717) is 13.0 Å². The second kappa shape index (κ2) is 6.24. The van der Waals surface area contributed by atoms with Crippen molar-refractivity contribution in [3.05, 3.63) is 11.1 Å². The minimum atomic E-state index is -0.127. The van der Waals surface area contributed by atoms with Crippen molar-refractivity contribution in [1.82, 2.24) is 14.8 Å². The van der Waals surface area contributed by atoms with E-state index < -0.39 is 0 Å². The van der Waals surface area contributed by atoms with E-state index in [1.807, 2.05) is 11.8 Å². The SMILES string of the molecule is Cc1csc(N2CCN(C(=O)C3CCN(C)C(=O)C3)CC2)n1. The summed E-state index contributed by atoms with van der Waals surface area (Å²) in [5, 5.41) is 3.09. The predicted octanol–water partition coefficient (Wildman–Crippen LogP) is 0.969. The van der Waals surface area contributed by atoms with Gasteiger partial charge in [0.25, 0.3) is 0 Å². The average molecular weight is 322 g/mol. The number of anilines is 1. The Balaban J connectivity index is 1.55. The summed E-state index contributed by atoms with van der Waals surface area (Å²) >= 11 is 1.66. The number of nitrogens with zero attached hydrogens (tertiary/aromatic N) is 4. The maximum atomic E-state index is 12.6. The standard InChI is InChI=1S/C15H22N4O2S/c1-11-10-22-15(16-11)19-7-5-18(6-8-19)14(21)12-3-4-17(2)13(20)9-12/h10,12H,3-9H2,1-2H3. The molecule has 2 fully saturated rings. The van der Waals surface area contributed by atoms with Crippen molar-refractivity contribution >= 4 is 28.3 Å². The maximum Gasteiger partial charge on any atom is 0.226 e. The number of hydrogen-bond acceptors (Lipinski definition) is 5. The molecule has 2 aliphatic rings. The van der Waals surface area contributed by atoms with E-state index in [1.165, 1.54) is 0 Å². The van der Waals surface area contributed by atoms with Crippen LogP contribution in [0, 0.1) is 12.8 Å². The van der Waals surface area contributed by atoms with Crippen LogP contribution in [0.4, 0.5) is 5.13 Å². The Hall–Kier alpha value is -1.63. The van der Waals surface area contributed by atoms with Gasteiger partial charge in [0.15, 0.2) is 5.13 Å². The molecule has 0 spiro atoms. The number of rotatable bonds is 2. The minimum Gasteiger partial charge on any atom is -0.346 e. The summed E-state index contributed by atoms with van der Waals surface area (Å²) in [7, 11) is 1.80. The fourth-order valence-electron chi connectivity index (χ4n) is 3.02. The topological polar surface area (TPSA) is 56.8 Å².